The lowest BCUT2D eigenvalue weighted by molar-refractivity contribution is -0.138. The van der Waals surface area contributed by atoms with E-state index >= 15 is 0 Å². The summed E-state index contributed by atoms with van der Waals surface area (Å²) in [5, 5.41) is 14.0. The van der Waals surface area contributed by atoms with Crippen molar-refractivity contribution in [1.29, 1.82) is 0 Å². The summed E-state index contributed by atoms with van der Waals surface area (Å²) in [7, 11) is 0. The van der Waals surface area contributed by atoms with Crippen LogP contribution in [-0.4, -0.2) is 43.6 Å². The molecule has 2 N–H and O–H groups in total. The lowest BCUT2D eigenvalue weighted by Crippen LogP contribution is -2.51. The number of nitrogens with zero attached hydrogens (tertiary/aromatic N) is 4. The number of aliphatic hydroxyl groups excluding tert-OH is 1. The van der Waals surface area contributed by atoms with Gasteiger partial charge in [-0.2, -0.15) is 13.2 Å². The Morgan fingerprint density at radius 3 is 2.50 bits per heavy atom. The second-order valence-corrected chi connectivity index (χ2v) is 8.07. The van der Waals surface area contributed by atoms with E-state index in [0.717, 1.165) is 0 Å². The van der Waals surface area contributed by atoms with Crippen LogP contribution in [0, 0.1) is 11.6 Å². The van der Waals surface area contributed by atoms with Crippen molar-refractivity contribution in [3.05, 3.63) is 71.7 Å². The molecular formula is C23H22F5N5O. The molecule has 0 bridgehead atoms. The summed E-state index contributed by atoms with van der Waals surface area (Å²) < 4.78 is 67.6. The third kappa shape index (κ3) is 4.85. The number of rotatable bonds is 5. The number of aliphatic hydroxyl groups is 1. The normalized spacial score (nSPS) is 20.2. The van der Waals surface area contributed by atoms with E-state index in [1.807, 2.05) is 0 Å². The van der Waals surface area contributed by atoms with Gasteiger partial charge in [0.1, 0.15) is 12.0 Å². The Bertz CT molecular complexity index is 1140. The first-order valence-electron chi connectivity index (χ1n) is 10.7. The fraction of sp³-hybridized carbons (Fsp3) is 0.348. The Morgan fingerprint density at radius 2 is 1.82 bits per heavy atom. The molecule has 0 radical (unpaired) electrons. The molecule has 180 valence electrons. The minimum absolute atomic E-state index is 0.0139. The van der Waals surface area contributed by atoms with Crippen LogP contribution in [0.4, 0.5) is 27.8 Å². The van der Waals surface area contributed by atoms with Crippen LogP contribution in [0.5, 0.6) is 0 Å². The topological polar surface area (TPSA) is 74.2 Å². The zero-order chi connectivity index (χ0) is 24.5. The van der Waals surface area contributed by atoms with Gasteiger partial charge in [-0.05, 0) is 38.0 Å². The molecule has 3 aromatic rings. The van der Waals surface area contributed by atoms with Gasteiger partial charge in [-0.3, -0.25) is 4.90 Å². The minimum atomic E-state index is -4.70. The van der Waals surface area contributed by atoms with Crippen LogP contribution in [0.2, 0.25) is 0 Å². The Hall–Kier alpha value is -3.18. The molecule has 1 aromatic carbocycles. The summed E-state index contributed by atoms with van der Waals surface area (Å²) >= 11 is 0. The quantitative estimate of drug-likeness (QED) is 0.513. The van der Waals surface area contributed by atoms with Crippen molar-refractivity contribution in [2.75, 3.05) is 11.9 Å². The van der Waals surface area contributed by atoms with Crippen LogP contribution in [0.3, 0.4) is 0 Å². The van der Waals surface area contributed by atoms with E-state index < -0.39 is 41.7 Å². The first-order valence-corrected chi connectivity index (χ1v) is 10.7. The molecule has 3 heterocycles. The van der Waals surface area contributed by atoms with Crippen molar-refractivity contribution < 1.29 is 27.1 Å². The summed E-state index contributed by atoms with van der Waals surface area (Å²) in [5.74, 6) is -1.82. The van der Waals surface area contributed by atoms with Crippen molar-refractivity contribution in [3.63, 3.8) is 0 Å². The monoisotopic (exact) mass is 479 g/mol. The van der Waals surface area contributed by atoms with Crippen molar-refractivity contribution in [3.8, 4) is 11.4 Å². The molecular weight excluding hydrogens is 457 g/mol. The zero-order valence-corrected chi connectivity index (χ0v) is 18.1. The third-order valence-electron chi connectivity index (χ3n) is 5.96. The maximum Gasteiger partial charge on any atom is 0.417 e. The van der Waals surface area contributed by atoms with Crippen molar-refractivity contribution in [1.82, 2.24) is 19.9 Å². The van der Waals surface area contributed by atoms with Crippen LogP contribution in [0.15, 0.2) is 48.9 Å². The molecule has 4 rings (SSSR count). The van der Waals surface area contributed by atoms with Crippen molar-refractivity contribution in [2.45, 2.75) is 44.3 Å². The number of alkyl halides is 3. The predicted octanol–water partition coefficient (Wildman–Crippen LogP) is 4.79. The Morgan fingerprint density at radius 1 is 1.09 bits per heavy atom. The number of aromatic nitrogens is 3. The van der Waals surface area contributed by atoms with Gasteiger partial charge < -0.3 is 10.4 Å². The fourth-order valence-corrected chi connectivity index (χ4v) is 4.18. The Balaban J connectivity index is 1.58. The smallest absolute Gasteiger partial charge is 0.374 e. The molecule has 1 saturated heterocycles. The number of piperidine rings is 1. The highest BCUT2D eigenvalue weighted by atomic mass is 19.4. The van der Waals surface area contributed by atoms with Crippen LogP contribution in [0.1, 0.15) is 37.1 Å². The van der Waals surface area contributed by atoms with E-state index in [9.17, 15) is 27.1 Å². The summed E-state index contributed by atoms with van der Waals surface area (Å²) in [6, 6.07) is 5.47. The van der Waals surface area contributed by atoms with E-state index in [0.29, 0.717) is 37.2 Å². The molecule has 6 nitrogen and oxygen atoms in total. The maximum atomic E-state index is 14.9. The van der Waals surface area contributed by atoms with Gasteiger partial charge in [0.05, 0.1) is 5.56 Å². The Kier molecular flexibility index (Phi) is 6.76. The number of likely N-dealkylation sites (tertiary alicyclic amines) is 1. The lowest BCUT2D eigenvalue weighted by Gasteiger charge is -2.42. The van der Waals surface area contributed by atoms with E-state index in [1.165, 1.54) is 24.5 Å². The third-order valence-corrected chi connectivity index (χ3v) is 5.96. The molecule has 0 saturated carbocycles. The molecule has 2 aromatic heterocycles. The number of nitrogens with one attached hydrogen (secondary N) is 1. The number of pyridine rings is 1. The average molecular weight is 479 g/mol. The fourth-order valence-electron chi connectivity index (χ4n) is 4.18. The molecule has 34 heavy (non-hydrogen) atoms. The minimum Gasteiger partial charge on any atom is -0.374 e. The highest BCUT2D eigenvalue weighted by Crippen LogP contribution is 2.35. The Labute approximate surface area is 192 Å². The molecule has 0 aliphatic carbocycles. The number of anilines is 1. The predicted molar refractivity (Wildman–Crippen MR) is 114 cm³/mol. The second-order valence-electron chi connectivity index (χ2n) is 8.07. The van der Waals surface area contributed by atoms with Crippen molar-refractivity contribution >= 4 is 5.82 Å². The number of hydrogen-bond donors (Lipinski definition) is 2. The SMILES string of the molecule is C[C@H]1[C@H](Nc2ncc(C(F)(F)F)cc2F)CCCN1C(O)c1c(F)cccc1-c1ncccn1. The van der Waals surface area contributed by atoms with E-state index in [2.05, 4.69) is 20.3 Å². The summed E-state index contributed by atoms with van der Waals surface area (Å²) in [5.41, 5.74) is -0.828. The summed E-state index contributed by atoms with van der Waals surface area (Å²) in [6.45, 7) is 2.19. The first kappa shape index (κ1) is 24.0. The highest BCUT2D eigenvalue weighted by Gasteiger charge is 2.36. The van der Waals surface area contributed by atoms with Crippen LogP contribution in [0.25, 0.3) is 11.4 Å². The second kappa shape index (κ2) is 9.59. The molecule has 1 aliphatic heterocycles. The maximum absolute atomic E-state index is 14.9. The van der Waals surface area contributed by atoms with Gasteiger partial charge >= 0.3 is 6.18 Å². The highest BCUT2D eigenvalue weighted by molar-refractivity contribution is 5.61. The molecule has 1 fully saturated rings. The molecule has 0 amide bonds. The summed E-state index contributed by atoms with van der Waals surface area (Å²) in [6.07, 6.45) is -1.34. The van der Waals surface area contributed by atoms with Gasteiger partial charge in [0, 0.05) is 48.3 Å². The molecule has 11 heteroatoms. The van der Waals surface area contributed by atoms with E-state index in [4.69, 9.17) is 0 Å². The van der Waals surface area contributed by atoms with Crippen molar-refractivity contribution in [2.24, 2.45) is 0 Å². The van der Waals surface area contributed by atoms with Gasteiger partial charge in [0.25, 0.3) is 0 Å². The van der Waals surface area contributed by atoms with Crippen LogP contribution >= 0.6 is 0 Å². The molecule has 0 spiro atoms. The summed E-state index contributed by atoms with van der Waals surface area (Å²) in [4.78, 5) is 13.6. The van der Waals surface area contributed by atoms with Crippen LogP contribution in [-0.2, 0) is 6.18 Å². The van der Waals surface area contributed by atoms with Crippen LogP contribution < -0.4 is 5.32 Å². The van der Waals surface area contributed by atoms with Gasteiger partial charge in [0.15, 0.2) is 17.5 Å². The molecule has 1 aliphatic rings. The zero-order valence-electron chi connectivity index (χ0n) is 18.1. The lowest BCUT2D eigenvalue weighted by atomic mass is 9.94. The van der Waals surface area contributed by atoms with Gasteiger partial charge in [-0.1, -0.05) is 12.1 Å². The van der Waals surface area contributed by atoms with Gasteiger partial charge in [-0.15, -0.1) is 0 Å². The largest absolute Gasteiger partial charge is 0.417 e. The molecule has 1 unspecified atom stereocenters. The number of benzene rings is 1. The molecule has 3 atom stereocenters. The number of halogens is 5. The van der Waals surface area contributed by atoms with E-state index in [1.54, 1.807) is 24.0 Å². The first-order chi connectivity index (χ1) is 16.2. The standard InChI is InChI=1S/C23H22F5N5O/c1-13-18(32-21-17(25)11-14(12-31-21)23(26,27)28)7-3-10-33(13)22(34)19-15(5-2-6-16(19)24)20-29-8-4-9-30-20/h2,4-6,8-9,11-13,18,22,34H,3,7,10H2,1H3,(H,31,32)/t13-,18+,22?/m0/s1. The van der Waals surface area contributed by atoms with E-state index in [-0.39, 0.29) is 17.2 Å². The average Bonchev–Trinajstić information content (AvgIpc) is 2.81. The van der Waals surface area contributed by atoms with Gasteiger partial charge in [-0.25, -0.2) is 23.7 Å². The van der Waals surface area contributed by atoms with Gasteiger partial charge in [0.2, 0.25) is 0 Å². The number of hydrogen-bond acceptors (Lipinski definition) is 6.